The van der Waals surface area contributed by atoms with E-state index in [1.54, 1.807) is 42.6 Å². The molecule has 124 valence electrons. The molecule has 7 heteroatoms. The molecule has 1 aliphatic rings. The second-order valence-corrected chi connectivity index (χ2v) is 7.45. The number of nitrogens with zero attached hydrogens (tertiary/aromatic N) is 3. The van der Waals surface area contributed by atoms with Crippen LogP contribution in [-0.2, 0) is 10.0 Å². The van der Waals surface area contributed by atoms with Gasteiger partial charge >= 0.3 is 0 Å². The normalized spacial score (nSPS) is 18.1. The summed E-state index contributed by atoms with van der Waals surface area (Å²) in [6.07, 6.45) is 3.35. The van der Waals surface area contributed by atoms with Gasteiger partial charge in [0.1, 0.15) is 11.8 Å². The van der Waals surface area contributed by atoms with Crippen molar-refractivity contribution >= 4 is 15.7 Å². The second-order valence-electron chi connectivity index (χ2n) is 5.73. The van der Waals surface area contributed by atoms with Crippen LogP contribution in [0.3, 0.4) is 0 Å². The van der Waals surface area contributed by atoms with Gasteiger partial charge in [-0.15, -0.1) is 0 Å². The van der Waals surface area contributed by atoms with Crippen LogP contribution in [0.1, 0.15) is 18.5 Å². The molecule has 1 saturated heterocycles. The van der Waals surface area contributed by atoms with Crippen LogP contribution < -0.4 is 9.62 Å². The molecule has 0 saturated carbocycles. The third-order valence-corrected chi connectivity index (χ3v) is 5.56. The standard InChI is InChI=1S/C17H18N4O2S/c18-11-14-8-9-16(12-19-14)21-10-4-5-15(13-21)20-24(22,23)17-6-2-1-3-7-17/h1-3,6-9,12,15,20H,4-5,10,13H2. The summed E-state index contributed by atoms with van der Waals surface area (Å²) in [5, 5.41) is 8.81. The topological polar surface area (TPSA) is 86.1 Å². The zero-order valence-electron chi connectivity index (χ0n) is 13.1. The summed E-state index contributed by atoms with van der Waals surface area (Å²) < 4.78 is 27.7. The lowest BCUT2D eigenvalue weighted by molar-refractivity contribution is 0.466. The zero-order chi connectivity index (χ0) is 17.0. The lowest BCUT2D eigenvalue weighted by Gasteiger charge is -2.34. The molecule has 1 atom stereocenters. The first-order valence-corrected chi connectivity index (χ1v) is 9.25. The summed E-state index contributed by atoms with van der Waals surface area (Å²) in [6.45, 7) is 1.43. The van der Waals surface area contributed by atoms with Gasteiger partial charge in [-0.25, -0.2) is 18.1 Å². The van der Waals surface area contributed by atoms with E-state index < -0.39 is 10.0 Å². The molecule has 1 aliphatic heterocycles. The molecule has 1 fully saturated rings. The molecule has 0 radical (unpaired) electrons. The molecule has 0 bridgehead atoms. The first-order chi connectivity index (χ1) is 11.6. The molecule has 6 nitrogen and oxygen atoms in total. The Hall–Kier alpha value is -2.43. The SMILES string of the molecule is N#Cc1ccc(N2CCCC(NS(=O)(=O)c3ccccc3)C2)cn1. The van der Waals surface area contributed by atoms with Crippen LogP contribution in [0.15, 0.2) is 53.6 Å². The minimum Gasteiger partial charge on any atom is -0.369 e. The maximum Gasteiger partial charge on any atom is 0.240 e. The van der Waals surface area contributed by atoms with Crippen molar-refractivity contribution in [3.05, 3.63) is 54.4 Å². The van der Waals surface area contributed by atoms with E-state index in [9.17, 15) is 8.42 Å². The Labute approximate surface area is 141 Å². The van der Waals surface area contributed by atoms with Crippen LogP contribution in [0.5, 0.6) is 0 Å². The van der Waals surface area contributed by atoms with E-state index in [2.05, 4.69) is 14.6 Å². The van der Waals surface area contributed by atoms with Crippen LogP contribution >= 0.6 is 0 Å². The van der Waals surface area contributed by atoms with Gasteiger partial charge in [-0.2, -0.15) is 5.26 Å². The van der Waals surface area contributed by atoms with Crippen LogP contribution in [0.4, 0.5) is 5.69 Å². The number of hydrogen-bond donors (Lipinski definition) is 1. The molecule has 1 unspecified atom stereocenters. The lowest BCUT2D eigenvalue weighted by Crippen LogP contribution is -2.47. The van der Waals surface area contributed by atoms with Crippen molar-refractivity contribution in [2.45, 2.75) is 23.8 Å². The van der Waals surface area contributed by atoms with Crippen molar-refractivity contribution in [2.75, 3.05) is 18.0 Å². The molecule has 24 heavy (non-hydrogen) atoms. The van der Waals surface area contributed by atoms with Crippen molar-refractivity contribution in [3.63, 3.8) is 0 Å². The van der Waals surface area contributed by atoms with Crippen LogP contribution in [-0.4, -0.2) is 32.5 Å². The highest BCUT2D eigenvalue weighted by molar-refractivity contribution is 7.89. The van der Waals surface area contributed by atoms with E-state index in [1.807, 2.05) is 12.1 Å². The fourth-order valence-corrected chi connectivity index (χ4v) is 4.12. The zero-order valence-corrected chi connectivity index (χ0v) is 13.9. The second kappa shape index (κ2) is 6.99. The lowest BCUT2D eigenvalue weighted by atomic mass is 10.1. The predicted molar refractivity (Wildman–Crippen MR) is 91.0 cm³/mol. The Balaban J connectivity index is 1.70. The van der Waals surface area contributed by atoms with Crippen molar-refractivity contribution in [3.8, 4) is 6.07 Å². The number of piperidine rings is 1. The van der Waals surface area contributed by atoms with Gasteiger partial charge in [0, 0.05) is 19.1 Å². The quantitative estimate of drug-likeness (QED) is 0.917. The molecule has 0 aliphatic carbocycles. The molecule has 3 rings (SSSR count). The van der Waals surface area contributed by atoms with E-state index in [1.165, 1.54) is 0 Å². The van der Waals surface area contributed by atoms with Gasteiger partial charge in [-0.1, -0.05) is 18.2 Å². The van der Waals surface area contributed by atoms with E-state index in [0.717, 1.165) is 25.1 Å². The first-order valence-electron chi connectivity index (χ1n) is 7.77. The largest absolute Gasteiger partial charge is 0.369 e. The molecular weight excluding hydrogens is 324 g/mol. The fraction of sp³-hybridized carbons (Fsp3) is 0.294. The minimum absolute atomic E-state index is 0.153. The molecule has 0 spiro atoms. The number of pyridine rings is 1. The highest BCUT2D eigenvalue weighted by Crippen LogP contribution is 2.20. The van der Waals surface area contributed by atoms with Crippen molar-refractivity contribution in [2.24, 2.45) is 0 Å². The summed E-state index contributed by atoms with van der Waals surface area (Å²) in [5.41, 5.74) is 1.27. The van der Waals surface area contributed by atoms with Crippen LogP contribution in [0.25, 0.3) is 0 Å². The van der Waals surface area contributed by atoms with Gasteiger partial charge < -0.3 is 4.90 Å². The van der Waals surface area contributed by atoms with Gasteiger partial charge in [0.25, 0.3) is 0 Å². The van der Waals surface area contributed by atoms with Crippen LogP contribution in [0, 0.1) is 11.3 Å². The van der Waals surface area contributed by atoms with Crippen molar-refractivity contribution in [1.82, 2.24) is 9.71 Å². The number of nitrogens with one attached hydrogen (secondary N) is 1. The Morgan fingerprint density at radius 1 is 1.21 bits per heavy atom. The molecular formula is C17H18N4O2S. The Bertz CT molecular complexity index is 829. The fourth-order valence-electron chi connectivity index (χ4n) is 2.83. The van der Waals surface area contributed by atoms with Gasteiger partial charge in [0.05, 0.1) is 16.8 Å². The number of anilines is 1. The Kier molecular flexibility index (Phi) is 4.79. The number of benzene rings is 1. The first kappa shape index (κ1) is 16.4. The third-order valence-electron chi connectivity index (χ3n) is 4.02. The summed E-state index contributed by atoms with van der Waals surface area (Å²) in [5.74, 6) is 0. The van der Waals surface area contributed by atoms with Gasteiger partial charge in [0.15, 0.2) is 0 Å². The Morgan fingerprint density at radius 3 is 2.67 bits per heavy atom. The molecule has 1 aromatic heterocycles. The summed E-state index contributed by atoms with van der Waals surface area (Å²) >= 11 is 0. The highest BCUT2D eigenvalue weighted by Gasteiger charge is 2.25. The highest BCUT2D eigenvalue weighted by atomic mass is 32.2. The summed E-state index contributed by atoms with van der Waals surface area (Å²) in [6, 6.07) is 13.8. The summed E-state index contributed by atoms with van der Waals surface area (Å²) in [7, 11) is -3.51. The monoisotopic (exact) mass is 342 g/mol. The molecule has 2 heterocycles. The molecule has 1 aromatic carbocycles. The minimum atomic E-state index is -3.51. The van der Waals surface area contributed by atoms with E-state index in [-0.39, 0.29) is 10.9 Å². The maximum atomic E-state index is 12.4. The number of sulfonamides is 1. The number of rotatable bonds is 4. The maximum absolute atomic E-state index is 12.4. The van der Waals surface area contributed by atoms with Gasteiger partial charge in [-0.05, 0) is 37.1 Å². The van der Waals surface area contributed by atoms with Gasteiger partial charge in [0.2, 0.25) is 10.0 Å². The van der Waals surface area contributed by atoms with E-state index in [4.69, 9.17) is 5.26 Å². The number of nitriles is 1. The molecule has 1 N–H and O–H groups in total. The average Bonchev–Trinajstić information content (AvgIpc) is 2.62. The number of aromatic nitrogens is 1. The summed E-state index contributed by atoms with van der Waals surface area (Å²) in [4.78, 5) is 6.45. The molecule has 2 aromatic rings. The van der Waals surface area contributed by atoms with Crippen molar-refractivity contribution in [1.29, 1.82) is 5.26 Å². The van der Waals surface area contributed by atoms with E-state index in [0.29, 0.717) is 12.2 Å². The molecule has 0 amide bonds. The predicted octanol–water partition coefficient (Wildman–Crippen LogP) is 1.90. The third kappa shape index (κ3) is 3.72. The number of hydrogen-bond acceptors (Lipinski definition) is 5. The van der Waals surface area contributed by atoms with Crippen LogP contribution in [0.2, 0.25) is 0 Å². The smallest absolute Gasteiger partial charge is 0.240 e. The van der Waals surface area contributed by atoms with E-state index >= 15 is 0 Å². The average molecular weight is 342 g/mol. The Morgan fingerprint density at radius 2 is 2.00 bits per heavy atom. The van der Waals surface area contributed by atoms with Crippen molar-refractivity contribution < 1.29 is 8.42 Å². The van der Waals surface area contributed by atoms with Gasteiger partial charge in [-0.3, -0.25) is 0 Å².